The van der Waals surface area contributed by atoms with Gasteiger partial charge in [0, 0.05) is 27.3 Å². The molecule has 8 aromatic rings. The summed E-state index contributed by atoms with van der Waals surface area (Å²) in [4.78, 5) is 0.00270. The van der Waals surface area contributed by atoms with Crippen LogP contribution in [0.5, 0.6) is 11.5 Å². The van der Waals surface area contributed by atoms with E-state index >= 15 is 0 Å². The Balaban J connectivity index is 0.000000182. The molecule has 4 N–H and O–H groups in total. The van der Waals surface area contributed by atoms with Crippen LogP contribution in [0.2, 0.25) is 5.02 Å². The maximum Gasteiger partial charge on any atom is 0.240 e. The quantitative estimate of drug-likeness (QED) is 0.137. The number of ether oxygens (including phenoxy) is 2. The number of methoxy groups -OCH3 is 2. The van der Waals surface area contributed by atoms with Crippen molar-refractivity contribution in [2.45, 2.75) is 16.7 Å². The van der Waals surface area contributed by atoms with Gasteiger partial charge in [-0.05, 0) is 104 Å². The van der Waals surface area contributed by atoms with Crippen LogP contribution in [0.4, 0.5) is 0 Å². The minimum absolute atomic E-state index is 0.00542. The molecule has 0 saturated carbocycles. The number of aryl methyl sites for hydroxylation is 1. The molecule has 0 fully saturated rings. The number of sulfonamides is 2. The first kappa shape index (κ1) is 41.6. The molecule has 0 saturated heterocycles. The lowest BCUT2D eigenvalue weighted by Crippen LogP contribution is -2.16. The van der Waals surface area contributed by atoms with Crippen molar-refractivity contribution >= 4 is 31.6 Å². The molecule has 0 aliphatic rings. The van der Waals surface area contributed by atoms with Crippen molar-refractivity contribution in [2.75, 3.05) is 14.2 Å². The van der Waals surface area contributed by atoms with Crippen LogP contribution in [0.1, 0.15) is 5.56 Å². The van der Waals surface area contributed by atoms with Gasteiger partial charge in [0.05, 0.1) is 48.4 Å². The molecule has 2 aromatic heterocycles. The van der Waals surface area contributed by atoms with Gasteiger partial charge < -0.3 is 9.47 Å². The standard InChI is InChI=1S/C23H21N3O4S.C22H18ClN3O2S/c1-29-18-11-7-16(8-12-18)20-15-22(17-9-13-19(30-2)14-10-17)26(25-20)21-5-3-4-6-23(21)31(24,27)28;1-15-6-8-16(9-7-15)19-14-21(17-10-12-18(23)13-11-17)26(25-19)20-4-2-3-5-22(20)29(24,27)28/h3-15H,1-2H3,(H2,24,27,28);2-14H,1H3,(H2,24,27,28). The zero-order valence-electron chi connectivity index (χ0n) is 32.6. The molecule has 0 radical (unpaired) electrons. The van der Waals surface area contributed by atoms with Crippen LogP contribution in [-0.4, -0.2) is 50.6 Å². The zero-order chi connectivity index (χ0) is 42.6. The Labute approximate surface area is 353 Å². The first-order valence-corrected chi connectivity index (χ1v) is 21.8. The zero-order valence-corrected chi connectivity index (χ0v) is 35.0. The highest BCUT2D eigenvalue weighted by Crippen LogP contribution is 2.34. The monoisotopic (exact) mass is 858 g/mol. The Morgan fingerprint density at radius 2 is 0.850 bits per heavy atom. The van der Waals surface area contributed by atoms with Gasteiger partial charge in [-0.2, -0.15) is 10.2 Å². The van der Waals surface area contributed by atoms with E-state index < -0.39 is 20.0 Å². The Morgan fingerprint density at radius 1 is 0.500 bits per heavy atom. The summed E-state index contributed by atoms with van der Waals surface area (Å²) in [6.07, 6.45) is 0. The van der Waals surface area contributed by atoms with E-state index in [0.29, 0.717) is 27.8 Å². The molecule has 2 heterocycles. The second-order valence-corrected chi connectivity index (χ2v) is 17.0. The summed E-state index contributed by atoms with van der Waals surface area (Å²) in [6.45, 7) is 2.02. The van der Waals surface area contributed by atoms with Gasteiger partial charge in [0.2, 0.25) is 20.0 Å². The average Bonchev–Trinajstić information content (AvgIpc) is 3.90. The number of nitrogens with two attached hydrogens (primary N) is 2. The van der Waals surface area contributed by atoms with E-state index in [2.05, 4.69) is 0 Å². The number of nitrogens with zero attached hydrogens (tertiary/aromatic N) is 4. The molecular weight excluding hydrogens is 820 g/mol. The first-order chi connectivity index (χ1) is 28.7. The van der Waals surface area contributed by atoms with Gasteiger partial charge in [0.1, 0.15) is 21.3 Å². The fraction of sp³-hybridized carbons (Fsp3) is 0.0667. The molecular formula is C45H39ClN6O6S2. The SMILES string of the molecule is COc1ccc(-c2cc(-c3ccc(OC)cc3)n(-c3ccccc3S(N)(=O)=O)n2)cc1.Cc1ccc(-c2cc(-c3ccc(Cl)cc3)n(-c3ccccc3S(N)(=O)=O)n2)cc1. The first-order valence-electron chi connectivity index (χ1n) is 18.3. The second-order valence-electron chi connectivity index (χ2n) is 13.5. The van der Waals surface area contributed by atoms with Gasteiger partial charge in [-0.25, -0.2) is 36.5 Å². The van der Waals surface area contributed by atoms with Gasteiger partial charge in [-0.15, -0.1) is 0 Å². The summed E-state index contributed by atoms with van der Waals surface area (Å²) in [5, 5.41) is 21.0. The van der Waals surface area contributed by atoms with Gasteiger partial charge in [0.15, 0.2) is 0 Å². The van der Waals surface area contributed by atoms with Crippen LogP contribution < -0.4 is 19.8 Å². The lowest BCUT2D eigenvalue weighted by Gasteiger charge is -2.11. The third kappa shape index (κ3) is 9.18. The molecule has 304 valence electrons. The Hall–Kier alpha value is -6.55. The Morgan fingerprint density at radius 3 is 1.23 bits per heavy atom. The molecule has 0 atom stereocenters. The Kier molecular flexibility index (Phi) is 12.0. The van der Waals surface area contributed by atoms with E-state index in [1.807, 2.05) is 104 Å². The molecule has 0 unspecified atom stereocenters. The number of rotatable bonds is 10. The van der Waals surface area contributed by atoms with E-state index in [0.717, 1.165) is 50.7 Å². The fourth-order valence-electron chi connectivity index (χ4n) is 6.44. The summed E-state index contributed by atoms with van der Waals surface area (Å²) < 4.78 is 62.4. The highest BCUT2D eigenvalue weighted by Gasteiger charge is 2.22. The van der Waals surface area contributed by atoms with E-state index in [4.69, 9.17) is 41.5 Å². The molecule has 6 aromatic carbocycles. The maximum atomic E-state index is 12.2. The molecule has 8 rings (SSSR count). The van der Waals surface area contributed by atoms with Crippen molar-refractivity contribution in [1.82, 2.24) is 19.6 Å². The topological polar surface area (TPSA) is 174 Å². The molecule has 0 aliphatic heterocycles. The van der Waals surface area contributed by atoms with Crippen molar-refractivity contribution in [1.29, 1.82) is 0 Å². The highest BCUT2D eigenvalue weighted by molar-refractivity contribution is 7.89. The number of halogens is 1. The van der Waals surface area contributed by atoms with Crippen molar-refractivity contribution in [3.63, 3.8) is 0 Å². The summed E-state index contributed by atoms with van der Waals surface area (Å²) >= 11 is 6.04. The van der Waals surface area contributed by atoms with Gasteiger partial charge in [-0.1, -0.05) is 77.8 Å². The van der Waals surface area contributed by atoms with Crippen LogP contribution in [0.3, 0.4) is 0 Å². The van der Waals surface area contributed by atoms with Gasteiger partial charge in [-0.3, -0.25) is 0 Å². The normalized spacial score (nSPS) is 11.4. The summed E-state index contributed by atoms with van der Waals surface area (Å²) in [5.41, 5.74) is 8.23. The molecule has 0 bridgehead atoms. The van der Waals surface area contributed by atoms with Crippen LogP contribution in [0.25, 0.3) is 56.4 Å². The molecule has 0 amide bonds. The highest BCUT2D eigenvalue weighted by atomic mass is 35.5. The molecule has 0 spiro atoms. The molecule has 12 nitrogen and oxygen atoms in total. The average molecular weight is 859 g/mol. The second kappa shape index (κ2) is 17.4. The number of para-hydroxylation sites is 2. The van der Waals surface area contributed by atoms with E-state index in [9.17, 15) is 16.8 Å². The van der Waals surface area contributed by atoms with Crippen LogP contribution >= 0.6 is 11.6 Å². The summed E-state index contributed by atoms with van der Waals surface area (Å²) in [6, 6.07) is 47.1. The molecule has 0 aliphatic carbocycles. The Bertz CT molecular complexity index is 3010. The smallest absolute Gasteiger partial charge is 0.240 e. The maximum absolute atomic E-state index is 12.2. The van der Waals surface area contributed by atoms with Crippen molar-refractivity contribution in [3.8, 4) is 67.9 Å². The molecule has 60 heavy (non-hydrogen) atoms. The molecule has 15 heteroatoms. The van der Waals surface area contributed by atoms with E-state index in [-0.39, 0.29) is 9.79 Å². The lowest BCUT2D eigenvalue weighted by atomic mass is 10.1. The van der Waals surface area contributed by atoms with Crippen molar-refractivity contribution in [2.24, 2.45) is 10.3 Å². The minimum Gasteiger partial charge on any atom is -0.497 e. The van der Waals surface area contributed by atoms with Gasteiger partial charge in [0.25, 0.3) is 0 Å². The minimum atomic E-state index is -3.95. The number of hydrogen-bond acceptors (Lipinski definition) is 8. The predicted octanol–water partition coefficient (Wildman–Crippen LogP) is 8.69. The number of aromatic nitrogens is 4. The van der Waals surface area contributed by atoms with Crippen LogP contribution in [0, 0.1) is 6.92 Å². The fourth-order valence-corrected chi connectivity index (χ4v) is 7.99. The third-order valence-electron chi connectivity index (χ3n) is 9.48. The van der Waals surface area contributed by atoms with Crippen molar-refractivity contribution < 1.29 is 26.3 Å². The predicted molar refractivity (Wildman–Crippen MR) is 234 cm³/mol. The largest absolute Gasteiger partial charge is 0.497 e. The number of primary sulfonamides is 2. The van der Waals surface area contributed by atoms with Crippen LogP contribution in [-0.2, 0) is 20.0 Å². The van der Waals surface area contributed by atoms with E-state index in [1.165, 1.54) is 12.1 Å². The summed E-state index contributed by atoms with van der Waals surface area (Å²) in [5.74, 6) is 1.45. The number of hydrogen-bond donors (Lipinski definition) is 2. The van der Waals surface area contributed by atoms with E-state index in [1.54, 1.807) is 72.1 Å². The van der Waals surface area contributed by atoms with Crippen molar-refractivity contribution in [3.05, 3.63) is 168 Å². The van der Waals surface area contributed by atoms with Gasteiger partial charge >= 0.3 is 0 Å². The third-order valence-corrected chi connectivity index (χ3v) is 11.6. The number of benzene rings is 6. The lowest BCUT2D eigenvalue weighted by molar-refractivity contribution is 0.414. The summed E-state index contributed by atoms with van der Waals surface area (Å²) in [7, 11) is -4.68. The van der Waals surface area contributed by atoms with Crippen LogP contribution in [0.15, 0.2) is 168 Å².